The number of hydrogen-bond acceptors (Lipinski definition) is 3. The van der Waals surface area contributed by atoms with Gasteiger partial charge in [0.25, 0.3) is 0 Å². The van der Waals surface area contributed by atoms with Crippen LogP contribution >= 0.6 is 0 Å². The summed E-state index contributed by atoms with van der Waals surface area (Å²) in [6.45, 7) is 1.32. The van der Waals surface area contributed by atoms with Crippen LogP contribution < -0.4 is 5.32 Å². The molecule has 1 aliphatic carbocycles. The van der Waals surface area contributed by atoms with Crippen molar-refractivity contribution < 1.29 is 4.79 Å². The van der Waals surface area contributed by atoms with Gasteiger partial charge >= 0.3 is 0 Å². The van der Waals surface area contributed by atoms with Crippen LogP contribution in [0.25, 0.3) is 0 Å². The van der Waals surface area contributed by atoms with Crippen LogP contribution in [0, 0.1) is 5.92 Å². The van der Waals surface area contributed by atoms with E-state index in [-0.39, 0.29) is 5.91 Å². The molecule has 0 saturated heterocycles. The van der Waals surface area contributed by atoms with Crippen LogP contribution in [0.5, 0.6) is 0 Å². The highest BCUT2D eigenvalue weighted by atomic mass is 16.1. The first-order valence-electron chi connectivity index (χ1n) is 8.46. The maximum atomic E-state index is 12.0. The molecule has 1 aliphatic rings. The lowest BCUT2D eigenvalue weighted by Gasteiger charge is -2.20. The smallest absolute Gasteiger partial charge is 0.220 e. The Morgan fingerprint density at radius 3 is 2.57 bits per heavy atom. The van der Waals surface area contributed by atoms with Gasteiger partial charge in [0, 0.05) is 13.0 Å². The van der Waals surface area contributed by atoms with E-state index in [4.69, 9.17) is 0 Å². The van der Waals surface area contributed by atoms with E-state index in [0.29, 0.717) is 25.4 Å². The first-order valence-corrected chi connectivity index (χ1v) is 8.46. The molecule has 0 unspecified atom stereocenters. The Kier molecular flexibility index (Phi) is 5.40. The topological polar surface area (TPSA) is 59.8 Å². The molecule has 23 heavy (non-hydrogen) atoms. The van der Waals surface area contributed by atoms with Crippen LogP contribution in [0.1, 0.15) is 49.7 Å². The first-order chi connectivity index (χ1) is 11.3. The predicted octanol–water partition coefficient (Wildman–Crippen LogP) is 2.91. The van der Waals surface area contributed by atoms with Crippen LogP contribution in [0.2, 0.25) is 0 Å². The second kappa shape index (κ2) is 7.90. The molecule has 1 aromatic heterocycles. The second-order valence-corrected chi connectivity index (χ2v) is 6.39. The van der Waals surface area contributed by atoms with Crippen molar-refractivity contribution in [3.05, 3.63) is 48.0 Å². The molecule has 0 aliphatic heterocycles. The van der Waals surface area contributed by atoms with Crippen molar-refractivity contribution in [2.75, 3.05) is 0 Å². The molecule has 1 aromatic carbocycles. The van der Waals surface area contributed by atoms with Crippen molar-refractivity contribution >= 4 is 5.91 Å². The molecular formula is C18H24N4O. The van der Waals surface area contributed by atoms with Gasteiger partial charge in [-0.05, 0) is 29.9 Å². The summed E-state index contributed by atoms with van der Waals surface area (Å²) in [5, 5.41) is 7.14. The van der Waals surface area contributed by atoms with E-state index in [0.717, 1.165) is 5.56 Å². The zero-order valence-corrected chi connectivity index (χ0v) is 13.4. The van der Waals surface area contributed by atoms with E-state index in [1.807, 2.05) is 0 Å². The van der Waals surface area contributed by atoms with E-state index in [1.165, 1.54) is 44.0 Å². The Balaban J connectivity index is 1.43. The van der Waals surface area contributed by atoms with Gasteiger partial charge in [0.05, 0.1) is 6.54 Å². The zero-order valence-electron chi connectivity index (χ0n) is 13.4. The molecule has 122 valence electrons. The molecule has 0 bridgehead atoms. The Labute approximate surface area is 137 Å². The normalized spacial score (nSPS) is 15.5. The summed E-state index contributed by atoms with van der Waals surface area (Å²) in [7, 11) is 0. The lowest BCUT2D eigenvalue weighted by molar-refractivity contribution is -0.122. The molecule has 0 spiro atoms. The molecule has 1 heterocycles. The summed E-state index contributed by atoms with van der Waals surface area (Å²) >= 11 is 0. The fourth-order valence-corrected chi connectivity index (χ4v) is 3.19. The number of carbonyl (C=O) groups is 1. The van der Waals surface area contributed by atoms with Crippen LogP contribution in [0.4, 0.5) is 0 Å². The average Bonchev–Trinajstić information content (AvgIpc) is 3.08. The number of aromatic nitrogens is 3. The highest BCUT2D eigenvalue weighted by molar-refractivity contribution is 5.76. The minimum Gasteiger partial charge on any atom is -0.352 e. The summed E-state index contributed by atoms with van der Waals surface area (Å²) in [5.74, 6) is 0.775. The molecule has 1 fully saturated rings. The number of rotatable bonds is 6. The Morgan fingerprint density at radius 1 is 1.13 bits per heavy atom. The molecular weight excluding hydrogens is 288 g/mol. The van der Waals surface area contributed by atoms with E-state index in [2.05, 4.69) is 39.7 Å². The van der Waals surface area contributed by atoms with Crippen molar-refractivity contribution in [2.45, 2.75) is 51.6 Å². The van der Waals surface area contributed by atoms with Gasteiger partial charge < -0.3 is 5.32 Å². The van der Waals surface area contributed by atoms with Gasteiger partial charge in [0.2, 0.25) is 5.91 Å². The van der Waals surface area contributed by atoms with Crippen LogP contribution in [-0.2, 0) is 17.9 Å². The fourth-order valence-electron chi connectivity index (χ4n) is 3.19. The molecule has 5 heteroatoms. The van der Waals surface area contributed by atoms with Crippen molar-refractivity contribution in [3.63, 3.8) is 0 Å². The van der Waals surface area contributed by atoms with Crippen LogP contribution in [0.15, 0.2) is 36.9 Å². The van der Waals surface area contributed by atoms with Gasteiger partial charge in [-0.25, -0.2) is 9.67 Å². The third-order valence-electron chi connectivity index (χ3n) is 4.52. The van der Waals surface area contributed by atoms with Crippen LogP contribution in [-0.4, -0.2) is 20.7 Å². The van der Waals surface area contributed by atoms with Crippen molar-refractivity contribution in [3.8, 4) is 0 Å². The summed E-state index contributed by atoms with van der Waals surface area (Å²) < 4.78 is 1.79. The minimum absolute atomic E-state index is 0.184. The van der Waals surface area contributed by atoms with Crippen molar-refractivity contribution in [1.29, 1.82) is 0 Å². The van der Waals surface area contributed by atoms with Gasteiger partial charge in [-0.2, -0.15) is 5.10 Å². The maximum Gasteiger partial charge on any atom is 0.220 e. The number of benzene rings is 1. The Morgan fingerprint density at radius 2 is 1.87 bits per heavy atom. The first kappa shape index (κ1) is 15.7. The maximum absolute atomic E-state index is 12.0. The van der Waals surface area contributed by atoms with E-state index < -0.39 is 0 Å². The summed E-state index contributed by atoms with van der Waals surface area (Å²) in [4.78, 5) is 16.0. The quantitative estimate of drug-likeness (QED) is 0.892. The number of nitrogens with one attached hydrogen (secondary N) is 1. The highest BCUT2D eigenvalue weighted by Crippen LogP contribution is 2.26. The second-order valence-electron chi connectivity index (χ2n) is 6.39. The number of amides is 1. The summed E-state index contributed by atoms with van der Waals surface area (Å²) in [5.41, 5.74) is 2.30. The van der Waals surface area contributed by atoms with Gasteiger partial charge in [-0.3, -0.25) is 4.79 Å². The molecule has 0 atom stereocenters. The van der Waals surface area contributed by atoms with Gasteiger partial charge in [-0.15, -0.1) is 0 Å². The van der Waals surface area contributed by atoms with E-state index >= 15 is 0 Å². The molecule has 1 N–H and O–H groups in total. The van der Waals surface area contributed by atoms with Gasteiger partial charge in [0.1, 0.15) is 12.7 Å². The standard InChI is InChI=1S/C18H24N4O/c23-18(10-15-4-2-1-3-5-15)20-11-16-6-8-17(9-7-16)12-22-14-19-13-21-22/h6-9,13-15H,1-5,10-12H2,(H,20,23). The summed E-state index contributed by atoms with van der Waals surface area (Å²) in [6, 6.07) is 8.27. The lowest BCUT2D eigenvalue weighted by atomic mass is 9.87. The number of carbonyl (C=O) groups excluding carboxylic acids is 1. The molecule has 1 saturated carbocycles. The highest BCUT2D eigenvalue weighted by Gasteiger charge is 2.16. The summed E-state index contributed by atoms with van der Waals surface area (Å²) in [6.07, 6.45) is 10.3. The van der Waals surface area contributed by atoms with Crippen molar-refractivity contribution in [1.82, 2.24) is 20.1 Å². The van der Waals surface area contributed by atoms with E-state index in [1.54, 1.807) is 11.0 Å². The third kappa shape index (κ3) is 4.91. The molecule has 2 aromatic rings. The predicted molar refractivity (Wildman–Crippen MR) is 88.6 cm³/mol. The molecule has 5 nitrogen and oxygen atoms in total. The molecule has 1 amide bonds. The number of nitrogens with zero attached hydrogens (tertiary/aromatic N) is 3. The minimum atomic E-state index is 0.184. The largest absolute Gasteiger partial charge is 0.352 e. The van der Waals surface area contributed by atoms with E-state index in [9.17, 15) is 4.79 Å². The fraction of sp³-hybridized carbons (Fsp3) is 0.500. The third-order valence-corrected chi connectivity index (χ3v) is 4.52. The SMILES string of the molecule is O=C(CC1CCCCC1)NCc1ccc(Cn2cncn2)cc1. The van der Waals surface area contributed by atoms with Crippen molar-refractivity contribution in [2.24, 2.45) is 5.92 Å². The number of hydrogen-bond donors (Lipinski definition) is 1. The average molecular weight is 312 g/mol. The molecule has 3 rings (SSSR count). The van der Waals surface area contributed by atoms with Gasteiger partial charge in [-0.1, -0.05) is 43.5 Å². The monoisotopic (exact) mass is 312 g/mol. The van der Waals surface area contributed by atoms with Gasteiger partial charge in [0.15, 0.2) is 0 Å². The Hall–Kier alpha value is -2.17. The lowest BCUT2D eigenvalue weighted by Crippen LogP contribution is -2.25. The molecule has 0 radical (unpaired) electrons. The Bertz CT molecular complexity index is 600. The zero-order chi connectivity index (χ0) is 15.9. The van der Waals surface area contributed by atoms with Crippen LogP contribution in [0.3, 0.4) is 0 Å².